The zero-order valence-electron chi connectivity index (χ0n) is 12.2. The van der Waals surface area contributed by atoms with E-state index in [-0.39, 0.29) is 24.2 Å². The number of hydrogen-bond acceptors (Lipinski definition) is 3. The minimum Gasteiger partial charge on any atom is -0.463 e. The maximum absolute atomic E-state index is 13.6. The monoisotopic (exact) mass is 281 g/mol. The number of benzene rings is 1. The standard InChI is InChI=1S/C15H20FNO3/c1-9(2)20-15(19)11(4)8-17-14(18)12-6-5-10(3)7-13(12)16/h5-7,9,11H,8H2,1-4H3,(H,17,18)/t11-/m1/s1. The Balaban J connectivity index is 2.57. The van der Waals surface area contributed by atoms with Gasteiger partial charge < -0.3 is 10.1 Å². The van der Waals surface area contributed by atoms with Crippen LogP contribution in [0.5, 0.6) is 0 Å². The number of amides is 1. The van der Waals surface area contributed by atoms with Gasteiger partial charge in [-0.2, -0.15) is 0 Å². The fourth-order valence-corrected chi connectivity index (χ4v) is 1.58. The zero-order valence-corrected chi connectivity index (χ0v) is 12.2. The van der Waals surface area contributed by atoms with Crippen LogP contribution in [0.4, 0.5) is 4.39 Å². The Morgan fingerprint density at radius 3 is 2.50 bits per heavy atom. The molecule has 0 heterocycles. The molecular weight excluding hydrogens is 261 g/mol. The lowest BCUT2D eigenvalue weighted by Crippen LogP contribution is -2.33. The minimum absolute atomic E-state index is 0.0278. The summed E-state index contributed by atoms with van der Waals surface area (Å²) in [7, 11) is 0. The third kappa shape index (κ3) is 4.64. The van der Waals surface area contributed by atoms with Gasteiger partial charge in [-0.05, 0) is 38.5 Å². The van der Waals surface area contributed by atoms with Crippen LogP contribution >= 0.6 is 0 Å². The molecule has 0 unspecified atom stereocenters. The third-order valence-corrected chi connectivity index (χ3v) is 2.69. The molecule has 20 heavy (non-hydrogen) atoms. The van der Waals surface area contributed by atoms with Crippen LogP contribution in [0.25, 0.3) is 0 Å². The van der Waals surface area contributed by atoms with Crippen molar-refractivity contribution in [3.05, 3.63) is 35.1 Å². The highest BCUT2D eigenvalue weighted by Gasteiger charge is 2.18. The molecule has 0 bridgehead atoms. The molecule has 1 N–H and O–H groups in total. The maximum atomic E-state index is 13.6. The number of ether oxygens (including phenoxy) is 1. The first-order chi connectivity index (χ1) is 9.31. The van der Waals surface area contributed by atoms with Crippen LogP contribution in [0.2, 0.25) is 0 Å². The van der Waals surface area contributed by atoms with Crippen LogP contribution in [-0.4, -0.2) is 24.5 Å². The van der Waals surface area contributed by atoms with E-state index < -0.39 is 17.6 Å². The molecule has 0 fully saturated rings. The number of esters is 1. The minimum atomic E-state index is -0.570. The molecule has 0 aliphatic heterocycles. The van der Waals surface area contributed by atoms with Crippen molar-refractivity contribution >= 4 is 11.9 Å². The number of hydrogen-bond donors (Lipinski definition) is 1. The van der Waals surface area contributed by atoms with Gasteiger partial charge in [-0.1, -0.05) is 13.0 Å². The highest BCUT2D eigenvalue weighted by molar-refractivity contribution is 5.94. The molecule has 0 spiro atoms. The van der Waals surface area contributed by atoms with Gasteiger partial charge in [0.1, 0.15) is 5.82 Å². The normalized spacial score (nSPS) is 12.1. The molecule has 1 rings (SSSR count). The lowest BCUT2D eigenvalue weighted by Gasteiger charge is -2.14. The lowest BCUT2D eigenvalue weighted by atomic mass is 10.1. The SMILES string of the molecule is Cc1ccc(C(=O)NC[C@@H](C)C(=O)OC(C)C)c(F)c1. The molecule has 0 saturated carbocycles. The van der Waals surface area contributed by atoms with Gasteiger partial charge >= 0.3 is 5.97 Å². The summed E-state index contributed by atoms with van der Waals surface area (Å²) in [5.41, 5.74) is 0.716. The van der Waals surface area contributed by atoms with E-state index >= 15 is 0 Å². The maximum Gasteiger partial charge on any atom is 0.310 e. The molecule has 0 radical (unpaired) electrons. The Morgan fingerprint density at radius 2 is 1.95 bits per heavy atom. The van der Waals surface area contributed by atoms with Crippen LogP contribution in [0, 0.1) is 18.7 Å². The van der Waals surface area contributed by atoms with Crippen molar-refractivity contribution in [1.29, 1.82) is 0 Å². The van der Waals surface area contributed by atoms with Crippen molar-refractivity contribution in [1.82, 2.24) is 5.32 Å². The first-order valence-corrected chi connectivity index (χ1v) is 6.56. The first kappa shape index (κ1) is 16.1. The molecule has 4 nitrogen and oxygen atoms in total. The quantitative estimate of drug-likeness (QED) is 0.843. The smallest absolute Gasteiger partial charge is 0.310 e. The first-order valence-electron chi connectivity index (χ1n) is 6.56. The summed E-state index contributed by atoms with van der Waals surface area (Å²) >= 11 is 0. The van der Waals surface area contributed by atoms with Gasteiger partial charge in [-0.3, -0.25) is 9.59 Å². The second-order valence-electron chi connectivity index (χ2n) is 5.08. The van der Waals surface area contributed by atoms with Crippen LogP contribution in [0.15, 0.2) is 18.2 Å². The molecule has 1 aromatic carbocycles. The number of halogens is 1. The van der Waals surface area contributed by atoms with Crippen LogP contribution in [0.3, 0.4) is 0 Å². The Hall–Kier alpha value is -1.91. The molecule has 0 aromatic heterocycles. The highest BCUT2D eigenvalue weighted by atomic mass is 19.1. The number of carbonyl (C=O) groups is 2. The summed E-state index contributed by atoms with van der Waals surface area (Å²) in [6.45, 7) is 7.01. The zero-order chi connectivity index (χ0) is 15.3. The molecule has 5 heteroatoms. The van der Waals surface area contributed by atoms with Gasteiger partial charge in [0.25, 0.3) is 5.91 Å². The summed E-state index contributed by atoms with van der Waals surface area (Å²) in [6.07, 6.45) is -0.199. The fraction of sp³-hybridized carbons (Fsp3) is 0.467. The Kier molecular flexibility index (Phi) is 5.67. The summed E-state index contributed by atoms with van der Waals surface area (Å²) in [4.78, 5) is 23.4. The summed E-state index contributed by atoms with van der Waals surface area (Å²) in [5, 5.41) is 2.53. The van der Waals surface area contributed by atoms with Crippen molar-refractivity contribution < 1.29 is 18.7 Å². The van der Waals surface area contributed by atoms with Gasteiger partial charge in [-0.25, -0.2) is 4.39 Å². The average Bonchev–Trinajstić information content (AvgIpc) is 2.34. The van der Waals surface area contributed by atoms with Crippen molar-refractivity contribution in [3.8, 4) is 0 Å². The van der Waals surface area contributed by atoms with Crippen molar-refractivity contribution in [2.75, 3.05) is 6.54 Å². The summed E-state index contributed by atoms with van der Waals surface area (Å²) < 4.78 is 18.6. The molecule has 1 amide bonds. The van der Waals surface area contributed by atoms with Gasteiger partial charge in [0.05, 0.1) is 17.6 Å². The number of nitrogens with one attached hydrogen (secondary N) is 1. The molecule has 0 aliphatic rings. The molecular formula is C15H20FNO3. The molecule has 1 aromatic rings. The molecule has 0 aliphatic carbocycles. The number of rotatable bonds is 5. The fourth-order valence-electron chi connectivity index (χ4n) is 1.58. The average molecular weight is 281 g/mol. The van der Waals surface area contributed by atoms with E-state index in [2.05, 4.69) is 5.32 Å². The molecule has 110 valence electrons. The second-order valence-corrected chi connectivity index (χ2v) is 5.08. The van der Waals surface area contributed by atoms with Crippen molar-refractivity contribution in [2.24, 2.45) is 5.92 Å². The topological polar surface area (TPSA) is 55.4 Å². The second kappa shape index (κ2) is 7.03. The predicted molar refractivity (Wildman–Crippen MR) is 73.9 cm³/mol. The lowest BCUT2D eigenvalue weighted by molar-refractivity contribution is -0.151. The van der Waals surface area contributed by atoms with E-state index in [9.17, 15) is 14.0 Å². The van der Waals surface area contributed by atoms with E-state index in [0.717, 1.165) is 5.56 Å². The predicted octanol–water partition coefficient (Wildman–Crippen LogP) is 2.45. The third-order valence-electron chi connectivity index (χ3n) is 2.69. The van der Waals surface area contributed by atoms with Crippen molar-refractivity contribution in [3.63, 3.8) is 0 Å². The van der Waals surface area contributed by atoms with E-state index in [1.165, 1.54) is 12.1 Å². The summed E-state index contributed by atoms with van der Waals surface area (Å²) in [5.74, 6) is -1.97. The van der Waals surface area contributed by atoms with E-state index in [1.54, 1.807) is 33.8 Å². The van der Waals surface area contributed by atoms with E-state index in [0.29, 0.717) is 0 Å². The van der Waals surface area contributed by atoms with Crippen LogP contribution < -0.4 is 5.32 Å². The van der Waals surface area contributed by atoms with Crippen LogP contribution in [-0.2, 0) is 9.53 Å². The number of carbonyl (C=O) groups excluding carboxylic acids is 2. The van der Waals surface area contributed by atoms with Gasteiger partial charge in [0, 0.05) is 6.54 Å². The van der Waals surface area contributed by atoms with Gasteiger partial charge in [0.15, 0.2) is 0 Å². The Labute approximate surface area is 118 Å². The molecule has 1 atom stereocenters. The van der Waals surface area contributed by atoms with Crippen molar-refractivity contribution in [2.45, 2.75) is 33.8 Å². The Morgan fingerprint density at radius 1 is 1.30 bits per heavy atom. The Bertz CT molecular complexity index is 500. The van der Waals surface area contributed by atoms with Gasteiger partial charge in [0.2, 0.25) is 0 Å². The summed E-state index contributed by atoms with van der Waals surface area (Å²) in [6, 6.07) is 4.39. The molecule has 0 saturated heterocycles. The van der Waals surface area contributed by atoms with E-state index in [4.69, 9.17) is 4.74 Å². The van der Waals surface area contributed by atoms with Crippen LogP contribution in [0.1, 0.15) is 36.7 Å². The largest absolute Gasteiger partial charge is 0.463 e. The van der Waals surface area contributed by atoms with E-state index in [1.807, 2.05) is 0 Å². The van der Waals surface area contributed by atoms with Gasteiger partial charge in [-0.15, -0.1) is 0 Å². The highest BCUT2D eigenvalue weighted by Crippen LogP contribution is 2.10. The number of aryl methyl sites for hydroxylation is 1.